The van der Waals surface area contributed by atoms with Gasteiger partial charge < -0.3 is 0 Å². The predicted octanol–water partition coefficient (Wildman–Crippen LogP) is 3.58. The summed E-state index contributed by atoms with van der Waals surface area (Å²) in [4.78, 5) is 0.282. The van der Waals surface area contributed by atoms with E-state index in [2.05, 4.69) is 20.7 Å². The summed E-state index contributed by atoms with van der Waals surface area (Å²) < 4.78 is 26.8. The molecule has 3 nitrogen and oxygen atoms in total. The van der Waals surface area contributed by atoms with Gasteiger partial charge in [-0.25, -0.2) is 13.1 Å². The third kappa shape index (κ3) is 4.15. The highest BCUT2D eigenvalue weighted by Crippen LogP contribution is 2.30. The van der Waals surface area contributed by atoms with Crippen LogP contribution in [0.4, 0.5) is 0 Å². The quantitative estimate of drug-likeness (QED) is 0.820. The zero-order chi connectivity index (χ0) is 15.5. The molecule has 0 amide bonds. The zero-order valence-electron chi connectivity index (χ0n) is 12.0. The first-order valence-corrected chi connectivity index (χ1v) is 8.90. The van der Waals surface area contributed by atoms with Crippen molar-refractivity contribution in [1.82, 2.24) is 4.72 Å². The van der Waals surface area contributed by atoms with Gasteiger partial charge in [0, 0.05) is 6.54 Å². The second-order valence-electron chi connectivity index (χ2n) is 5.20. The minimum Gasteiger partial charge on any atom is -0.209 e. The van der Waals surface area contributed by atoms with E-state index in [9.17, 15) is 8.42 Å². The molecular weight excluding hydrogens is 350 g/mol. The van der Waals surface area contributed by atoms with Crippen LogP contribution in [-0.2, 0) is 14.3 Å². The van der Waals surface area contributed by atoms with Crippen molar-refractivity contribution >= 4 is 26.0 Å². The predicted molar refractivity (Wildman–Crippen MR) is 89.1 cm³/mol. The second kappa shape index (κ2) is 6.30. The van der Waals surface area contributed by atoms with Crippen LogP contribution in [0.3, 0.4) is 0 Å². The van der Waals surface area contributed by atoms with E-state index in [0.717, 1.165) is 11.1 Å². The van der Waals surface area contributed by atoms with Crippen LogP contribution in [0.1, 0.15) is 18.1 Å². The fraction of sp³-hybridized carbons (Fsp3) is 0.250. The lowest BCUT2D eigenvalue weighted by atomic mass is 10.0. The molecule has 0 radical (unpaired) electrons. The SMILES string of the molecule is Cc1ccc(S(=O)(=O)NCC(C)(Br)c2ccccc2)cc1. The number of hydrogen-bond donors (Lipinski definition) is 1. The van der Waals surface area contributed by atoms with Crippen LogP contribution in [0.25, 0.3) is 0 Å². The summed E-state index contributed by atoms with van der Waals surface area (Å²) >= 11 is 3.60. The Morgan fingerprint density at radius 2 is 1.62 bits per heavy atom. The largest absolute Gasteiger partial charge is 0.240 e. The van der Waals surface area contributed by atoms with E-state index in [0.29, 0.717) is 0 Å². The molecule has 1 N–H and O–H groups in total. The van der Waals surface area contributed by atoms with Gasteiger partial charge in [-0.05, 0) is 31.5 Å². The maximum absolute atomic E-state index is 12.3. The Balaban J connectivity index is 2.13. The first-order valence-electron chi connectivity index (χ1n) is 6.62. The molecule has 0 heterocycles. The fourth-order valence-corrected chi connectivity index (χ4v) is 3.65. The van der Waals surface area contributed by atoms with E-state index in [-0.39, 0.29) is 11.4 Å². The molecule has 0 saturated carbocycles. The highest BCUT2D eigenvalue weighted by atomic mass is 79.9. The summed E-state index contributed by atoms with van der Waals surface area (Å²) in [6.07, 6.45) is 0. The molecule has 1 unspecified atom stereocenters. The lowest BCUT2D eigenvalue weighted by molar-refractivity contribution is 0.570. The summed E-state index contributed by atoms with van der Waals surface area (Å²) in [6.45, 7) is 4.14. The van der Waals surface area contributed by atoms with Gasteiger partial charge in [0.2, 0.25) is 10.0 Å². The lowest BCUT2D eigenvalue weighted by Gasteiger charge is -2.23. The van der Waals surface area contributed by atoms with Crippen molar-refractivity contribution < 1.29 is 8.42 Å². The van der Waals surface area contributed by atoms with Crippen molar-refractivity contribution in [2.75, 3.05) is 6.54 Å². The number of hydrogen-bond acceptors (Lipinski definition) is 2. The molecule has 1 atom stereocenters. The molecule has 2 aromatic rings. The highest BCUT2D eigenvalue weighted by Gasteiger charge is 2.25. The normalized spacial score (nSPS) is 14.6. The number of alkyl halides is 1. The molecule has 2 aromatic carbocycles. The molecule has 0 spiro atoms. The second-order valence-corrected chi connectivity index (χ2v) is 8.72. The molecule has 0 bridgehead atoms. The van der Waals surface area contributed by atoms with Crippen molar-refractivity contribution in [2.45, 2.75) is 23.1 Å². The first kappa shape index (κ1) is 16.2. The Bertz CT molecular complexity index is 695. The van der Waals surface area contributed by atoms with Crippen molar-refractivity contribution in [3.63, 3.8) is 0 Å². The maximum atomic E-state index is 12.3. The average Bonchev–Trinajstić information content (AvgIpc) is 2.47. The Morgan fingerprint density at radius 1 is 1.05 bits per heavy atom. The topological polar surface area (TPSA) is 46.2 Å². The van der Waals surface area contributed by atoms with Crippen LogP contribution < -0.4 is 4.72 Å². The average molecular weight is 368 g/mol. The van der Waals surface area contributed by atoms with Gasteiger partial charge in [0.25, 0.3) is 0 Å². The van der Waals surface area contributed by atoms with Gasteiger partial charge in [-0.2, -0.15) is 0 Å². The van der Waals surface area contributed by atoms with E-state index >= 15 is 0 Å². The van der Waals surface area contributed by atoms with Crippen LogP contribution in [0, 0.1) is 6.92 Å². The van der Waals surface area contributed by atoms with Gasteiger partial charge in [0.05, 0.1) is 9.22 Å². The summed E-state index contributed by atoms with van der Waals surface area (Å²) in [5.41, 5.74) is 2.06. The molecule has 0 fully saturated rings. The molecule has 2 rings (SSSR count). The number of rotatable bonds is 5. The number of aryl methyl sites for hydroxylation is 1. The molecule has 0 saturated heterocycles. The van der Waals surface area contributed by atoms with Crippen molar-refractivity contribution in [2.24, 2.45) is 0 Å². The van der Waals surface area contributed by atoms with Gasteiger partial charge in [0.15, 0.2) is 0 Å². The van der Waals surface area contributed by atoms with Gasteiger partial charge in [-0.3, -0.25) is 0 Å². The Hall–Kier alpha value is -1.17. The Labute approximate surface area is 134 Å². The van der Waals surface area contributed by atoms with Crippen LogP contribution in [0.15, 0.2) is 59.5 Å². The number of halogens is 1. The summed E-state index contributed by atoms with van der Waals surface area (Å²) in [5, 5.41) is 0. The van der Waals surface area contributed by atoms with Gasteiger partial charge in [0.1, 0.15) is 0 Å². The van der Waals surface area contributed by atoms with Crippen molar-refractivity contribution in [1.29, 1.82) is 0 Å². The lowest BCUT2D eigenvalue weighted by Crippen LogP contribution is -2.34. The third-order valence-electron chi connectivity index (χ3n) is 3.30. The minimum absolute atomic E-state index is 0.271. The standard InChI is InChI=1S/C16H18BrNO2S/c1-13-8-10-15(11-9-13)21(19,20)18-12-16(2,17)14-6-4-3-5-7-14/h3-11,18H,12H2,1-2H3. The number of sulfonamides is 1. The van der Waals surface area contributed by atoms with E-state index in [1.807, 2.05) is 44.2 Å². The van der Waals surface area contributed by atoms with E-state index in [4.69, 9.17) is 0 Å². The third-order valence-corrected chi connectivity index (χ3v) is 5.46. The van der Waals surface area contributed by atoms with Crippen molar-refractivity contribution in [3.8, 4) is 0 Å². The summed E-state index contributed by atoms with van der Waals surface area (Å²) in [6, 6.07) is 16.6. The summed E-state index contributed by atoms with van der Waals surface area (Å²) in [5.74, 6) is 0. The molecule has 0 aliphatic rings. The van der Waals surface area contributed by atoms with Gasteiger partial charge in [-0.1, -0.05) is 64.0 Å². The first-order chi connectivity index (χ1) is 9.81. The monoisotopic (exact) mass is 367 g/mol. The zero-order valence-corrected chi connectivity index (χ0v) is 14.4. The smallest absolute Gasteiger partial charge is 0.209 e. The molecule has 21 heavy (non-hydrogen) atoms. The highest BCUT2D eigenvalue weighted by molar-refractivity contribution is 9.09. The molecular formula is C16H18BrNO2S. The van der Waals surface area contributed by atoms with Crippen LogP contribution in [0.5, 0.6) is 0 Å². The Kier molecular flexibility index (Phi) is 4.86. The molecule has 5 heteroatoms. The minimum atomic E-state index is -3.50. The van der Waals surface area contributed by atoms with Crippen LogP contribution in [0.2, 0.25) is 0 Å². The summed E-state index contributed by atoms with van der Waals surface area (Å²) in [7, 11) is -3.50. The fourth-order valence-electron chi connectivity index (χ4n) is 1.92. The molecule has 0 aliphatic heterocycles. The maximum Gasteiger partial charge on any atom is 0.240 e. The van der Waals surface area contributed by atoms with Gasteiger partial charge in [-0.15, -0.1) is 0 Å². The van der Waals surface area contributed by atoms with Gasteiger partial charge >= 0.3 is 0 Å². The van der Waals surface area contributed by atoms with Crippen LogP contribution >= 0.6 is 15.9 Å². The number of benzene rings is 2. The van der Waals surface area contributed by atoms with E-state index in [1.165, 1.54) is 0 Å². The van der Waals surface area contributed by atoms with E-state index in [1.54, 1.807) is 24.3 Å². The number of nitrogens with one attached hydrogen (secondary N) is 1. The van der Waals surface area contributed by atoms with Crippen LogP contribution in [-0.4, -0.2) is 15.0 Å². The van der Waals surface area contributed by atoms with Crippen molar-refractivity contribution in [3.05, 3.63) is 65.7 Å². The molecule has 0 aliphatic carbocycles. The Morgan fingerprint density at radius 3 is 2.19 bits per heavy atom. The van der Waals surface area contributed by atoms with E-state index < -0.39 is 14.3 Å². The molecule has 0 aromatic heterocycles. The molecule has 112 valence electrons.